The van der Waals surface area contributed by atoms with E-state index in [1.807, 2.05) is 18.7 Å². The second kappa shape index (κ2) is 3.93. The first-order valence-electron chi connectivity index (χ1n) is 5.11. The van der Waals surface area contributed by atoms with Gasteiger partial charge in [-0.25, -0.2) is 0 Å². The standard InChI is InChI=1S/C10H19BN2O/c1-8(2)13-7-10(3,4)6-12(11)5-9(13)14/h8H,5-7H2,1-4H3. The Morgan fingerprint density at radius 1 is 1.36 bits per heavy atom. The molecule has 2 radical (unpaired) electrons. The fraction of sp³-hybridized carbons (Fsp3) is 0.900. The van der Waals surface area contributed by atoms with Crippen LogP contribution in [0.5, 0.6) is 0 Å². The van der Waals surface area contributed by atoms with Gasteiger partial charge < -0.3 is 9.71 Å². The van der Waals surface area contributed by atoms with E-state index >= 15 is 0 Å². The molecule has 1 saturated heterocycles. The van der Waals surface area contributed by atoms with Crippen molar-refractivity contribution < 1.29 is 4.79 Å². The molecule has 0 spiro atoms. The summed E-state index contributed by atoms with van der Waals surface area (Å²) in [5.74, 6) is 0.132. The third kappa shape index (κ3) is 2.74. The van der Waals surface area contributed by atoms with Crippen molar-refractivity contribution in [3.05, 3.63) is 0 Å². The Balaban J connectivity index is 2.82. The Bertz CT molecular complexity index is 228. The summed E-state index contributed by atoms with van der Waals surface area (Å²) in [6.45, 7) is 10.3. The van der Waals surface area contributed by atoms with Crippen LogP contribution in [0.25, 0.3) is 0 Å². The molecule has 1 aliphatic heterocycles. The number of rotatable bonds is 1. The van der Waals surface area contributed by atoms with Crippen molar-refractivity contribution in [3.63, 3.8) is 0 Å². The SMILES string of the molecule is [B]N1CC(=O)N(C(C)C)CC(C)(C)C1. The Kier molecular flexibility index (Phi) is 3.25. The average molecular weight is 194 g/mol. The molecule has 1 rings (SSSR count). The van der Waals surface area contributed by atoms with Crippen molar-refractivity contribution in [2.24, 2.45) is 5.41 Å². The smallest absolute Gasteiger partial charge is 0.235 e. The number of amides is 1. The van der Waals surface area contributed by atoms with Gasteiger partial charge in [-0.3, -0.25) is 4.79 Å². The van der Waals surface area contributed by atoms with Crippen LogP contribution in [-0.2, 0) is 4.79 Å². The fourth-order valence-corrected chi connectivity index (χ4v) is 1.94. The molecular formula is C10H19BN2O. The van der Waals surface area contributed by atoms with E-state index in [1.54, 1.807) is 4.81 Å². The predicted molar refractivity (Wildman–Crippen MR) is 58.0 cm³/mol. The Hall–Kier alpha value is -0.505. The molecule has 0 aromatic carbocycles. The van der Waals surface area contributed by atoms with Gasteiger partial charge in [-0.05, 0) is 25.8 Å². The molecule has 0 aromatic heterocycles. The highest BCUT2D eigenvalue weighted by Gasteiger charge is 2.31. The van der Waals surface area contributed by atoms with Gasteiger partial charge in [-0.1, -0.05) is 13.8 Å². The Labute approximate surface area is 87.9 Å². The molecule has 1 fully saturated rings. The molecule has 4 heteroatoms. The van der Waals surface area contributed by atoms with Gasteiger partial charge in [0.1, 0.15) is 0 Å². The summed E-state index contributed by atoms with van der Waals surface area (Å²) in [5, 5.41) is 0. The lowest BCUT2D eigenvalue weighted by molar-refractivity contribution is -0.132. The van der Waals surface area contributed by atoms with Gasteiger partial charge in [0.25, 0.3) is 0 Å². The van der Waals surface area contributed by atoms with Gasteiger partial charge in [-0.2, -0.15) is 0 Å². The van der Waals surface area contributed by atoms with Crippen molar-refractivity contribution in [1.29, 1.82) is 0 Å². The molecular weight excluding hydrogens is 175 g/mol. The number of nitrogens with zero attached hydrogens (tertiary/aromatic N) is 2. The third-order valence-electron chi connectivity index (χ3n) is 2.51. The number of carbonyl (C=O) groups excluding carboxylic acids is 1. The van der Waals surface area contributed by atoms with Crippen LogP contribution < -0.4 is 0 Å². The maximum atomic E-state index is 11.8. The van der Waals surface area contributed by atoms with Crippen LogP contribution in [0.1, 0.15) is 27.7 Å². The highest BCUT2D eigenvalue weighted by atomic mass is 16.2. The minimum absolute atomic E-state index is 0.0746. The molecule has 14 heavy (non-hydrogen) atoms. The summed E-state index contributed by atoms with van der Waals surface area (Å²) in [5.41, 5.74) is 0.0746. The van der Waals surface area contributed by atoms with Crippen LogP contribution in [0.2, 0.25) is 0 Å². The van der Waals surface area contributed by atoms with Crippen molar-refractivity contribution in [3.8, 4) is 0 Å². The zero-order chi connectivity index (χ0) is 10.9. The highest BCUT2D eigenvalue weighted by molar-refractivity contribution is 6.06. The van der Waals surface area contributed by atoms with E-state index in [0.717, 1.165) is 13.1 Å². The lowest BCUT2D eigenvalue weighted by Crippen LogP contribution is -2.42. The molecule has 1 heterocycles. The van der Waals surface area contributed by atoms with E-state index in [0.29, 0.717) is 6.54 Å². The van der Waals surface area contributed by atoms with E-state index in [1.165, 1.54) is 0 Å². The van der Waals surface area contributed by atoms with Crippen LogP contribution in [0, 0.1) is 5.41 Å². The molecule has 0 aromatic rings. The van der Waals surface area contributed by atoms with E-state index in [9.17, 15) is 4.79 Å². The largest absolute Gasteiger partial charge is 0.345 e. The first-order valence-corrected chi connectivity index (χ1v) is 5.11. The molecule has 0 unspecified atom stereocenters. The Morgan fingerprint density at radius 2 is 1.93 bits per heavy atom. The number of hydrogen-bond acceptors (Lipinski definition) is 2. The minimum atomic E-state index is 0.0746. The molecule has 78 valence electrons. The lowest BCUT2D eigenvalue weighted by atomic mass is 9.91. The van der Waals surface area contributed by atoms with Crippen molar-refractivity contribution in [2.75, 3.05) is 19.6 Å². The first kappa shape index (κ1) is 11.6. The summed E-state index contributed by atoms with van der Waals surface area (Å²) in [7, 11) is 5.75. The van der Waals surface area contributed by atoms with Gasteiger partial charge in [-0.15, -0.1) is 0 Å². The van der Waals surface area contributed by atoms with Crippen LogP contribution in [0.3, 0.4) is 0 Å². The summed E-state index contributed by atoms with van der Waals surface area (Å²) in [4.78, 5) is 15.3. The zero-order valence-corrected chi connectivity index (χ0v) is 9.58. The normalized spacial score (nSPS) is 24.1. The zero-order valence-electron chi connectivity index (χ0n) is 9.58. The molecule has 1 aliphatic rings. The van der Waals surface area contributed by atoms with Crippen LogP contribution in [-0.4, -0.2) is 49.3 Å². The van der Waals surface area contributed by atoms with Crippen LogP contribution >= 0.6 is 0 Å². The van der Waals surface area contributed by atoms with Gasteiger partial charge >= 0.3 is 0 Å². The maximum Gasteiger partial charge on any atom is 0.235 e. The predicted octanol–water partition coefficient (Wildman–Crippen LogP) is 0.649. The fourth-order valence-electron chi connectivity index (χ4n) is 1.94. The molecule has 0 saturated carbocycles. The van der Waals surface area contributed by atoms with Crippen molar-refractivity contribution in [1.82, 2.24) is 9.71 Å². The van der Waals surface area contributed by atoms with Gasteiger partial charge in [0, 0.05) is 12.6 Å². The second-order valence-electron chi connectivity index (χ2n) is 5.18. The average Bonchev–Trinajstić information content (AvgIpc) is 2.06. The van der Waals surface area contributed by atoms with E-state index in [4.69, 9.17) is 7.98 Å². The summed E-state index contributed by atoms with van der Waals surface area (Å²) < 4.78 is 0. The van der Waals surface area contributed by atoms with Gasteiger partial charge in [0.15, 0.2) is 7.98 Å². The number of carbonyl (C=O) groups is 1. The molecule has 0 bridgehead atoms. The van der Waals surface area contributed by atoms with Crippen LogP contribution in [0.4, 0.5) is 0 Å². The van der Waals surface area contributed by atoms with Crippen molar-refractivity contribution in [2.45, 2.75) is 33.7 Å². The summed E-state index contributed by atoms with van der Waals surface area (Å²) in [6.07, 6.45) is 0. The van der Waals surface area contributed by atoms with Gasteiger partial charge in [0.05, 0.1) is 6.54 Å². The lowest BCUT2D eigenvalue weighted by Gasteiger charge is -2.32. The molecule has 0 N–H and O–H groups in total. The topological polar surface area (TPSA) is 23.6 Å². The minimum Gasteiger partial charge on any atom is -0.345 e. The second-order valence-corrected chi connectivity index (χ2v) is 5.18. The molecule has 0 aliphatic carbocycles. The maximum absolute atomic E-state index is 11.8. The Morgan fingerprint density at radius 3 is 2.43 bits per heavy atom. The first-order chi connectivity index (χ1) is 6.32. The van der Waals surface area contributed by atoms with E-state index in [-0.39, 0.29) is 17.4 Å². The molecule has 0 atom stereocenters. The quantitative estimate of drug-likeness (QED) is 0.572. The van der Waals surface area contributed by atoms with E-state index in [2.05, 4.69) is 13.8 Å². The van der Waals surface area contributed by atoms with E-state index < -0.39 is 0 Å². The summed E-state index contributed by atoms with van der Waals surface area (Å²) in [6, 6.07) is 0.258. The molecule has 1 amide bonds. The molecule has 3 nitrogen and oxygen atoms in total. The van der Waals surface area contributed by atoms with Crippen molar-refractivity contribution >= 4 is 13.9 Å². The monoisotopic (exact) mass is 194 g/mol. The summed E-state index contributed by atoms with van der Waals surface area (Å²) >= 11 is 0. The van der Waals surface area contributed by atoms with Gasteiger partial charge in [0.2, 0.25) is 5.91 Å². The number of hydrogen-bond donors (Lipinski definition) is 0. The third-order valence-corrected chi connectivity index (χ3v) is 2.51. The van der Waals surface area contributed by atoms with Crippen LogP contribution in [0.15, 0.2) is 0 Å². The highest BCUT2D eigenvalue weighted by Crippen LogP contribution is 2.22.